The number of hydrogen-bond acceptors (Lipinski definition) is 2. The molecule has 0 aliphatic rings. The third-order valence-electron chi connectivity index (χ3n) is 2.22. The van der Waals surface area contributed by atoms with Gasteiger partial charge in [-0.25, -0.2) is 0 Å². The van der Waals surface area contributed by atoms with Gasteiger partial charge in [-0.2, -0.15) is 0 Å². The molecular formula is C14H26N2. The lowest BCUT2D eigenvalue weighted by Gasteiger charge is -2.02. The first-order chi connectivity index (χ1) is 7.93. The van der Waals surface area contributed by atoms with Gasteiger partial charge >= 0.3 is 0 Å². The first-order valence-electron chi connectivity index (χ1n) is 6.53. The minimum Gasteiger partial charge on any atom is -0.317 e. The molecule has 0 spiro atoms. The van der Waals surface area contributed by atoms with E-state index in [-0.39, 0.29) is 0 Å². The summed E-state index contributed by atoms with van der Waals surface area (Å²) in [5.41, 5.74) is 1.35. The van der Waals surface area contributed by atoms with Gasteiger partial charge in [0.1, 0.15) is 0 Å². The molecule has 0 bridgehead atoms. The predicted molar refractivity (Wildman–Crippen MR) is 71.7 cm³/mol. The zero-order valence-electron chi connectivity index (χ0n) is 11.0. The molecule has 0 saturated heterocycles. The largest absolute Gasteiger partial charge is 0.317 e. The number of aromatic nitrogens is 1. The average Bonchev–Trinajstić information content (AvgIpc) is 2.37. The lowest BCUT2D eigenvalue weighted by molar-refractivity contribution is 0.616. The maximum atomic E-state index is 4.10. The highest BCUT2D eigenvalue weighted by atomic mass is 14.8. The molecule has 0 fully saturated rings. The normalized spacial score (nSPS) is 9.44. The second-order valence-corrected chi connectivity index (χ2v) is 3.57. The molecule has 1 N–H and O–H groups in total. The summed E-state index contributed by atoms with van der Waals surface area (Å²) in [6, 6.07) is 4.15. The summed E-state index contributed by atoms with van der Waals surface area (Å²) in [5, 5.41) is 3.41. The van der Waals surface area contributed by atoms with Crippen molar-refractivity contribution in [3.05, 3.63) is 30.1 Å². The first-order valence-corrected chi connectivity index (χ1v) is 6.53. The molecule has 2 nitrogen and oxygen atoms in total. The average molecular weight is 222 g/mol. The van der Waals surface area contributed by atoms with Crippen molar-refractivity contribution in [1.29, 1.82) is 0 Å². The number of pyridine rings is 1. The van der Waals surface area contributed by atoms with Crippen LogP contribution in [-0.4, -0.2) is 18.1 Å². The van der Waals surface area contributed by atoms with Crippen LogP contribution in [0.3, 0.4) is 0 Å². The van der Waals surface area contributed by atoms with Gasteiger partial charge in [-0.3, -0.25) is 4.98 Å². The molecule has 0 atom stereocenters. The van der Waals surface area contributed by atoms with Crippen LogP contribution in [0.1, 0.15) is 45.6 Å². The predicted octanol–water partition coefficient (Wildman–Crippen LogP) is 3.43. The number of nitrogens with one attached hydrogen (secondary N) is 1. The smallest absolute Gasteiger partial charge is 0.0299 e. The molecule has 0 aliphatic heterocycles. The topological polar surface area (TPSA) is 24.9 Å². The van der Waals surface area contributed by atoms with Crippen molar-refractivity contribution in [3.63, 3.8) is 0 Å². The molecule has 0 aliphatic carbocycles. The maximum absolute atomic E-state index is 4.10. The molecule has 0 radical (unpaired) electrons. The van der Waals surface area contributed by atoms with Crippen LogP contribution in [0.4, 0.5) is 0 Å². The number of rotatable bonds is 7. The number of nitrogens with zero attached hydrogens (tertiary/aromatic N) is 1. The van der Waals surface area contributed by atoms with Gasteiger partial charge in [0.05, 0.1) is 0 Å². The molecule has 0 amide bonds. The summed E-state index contributed by atoms with van der Waals surface area (Å²) in [7, 11) is 0. The van der Waals surface area contributed by atoms with Crippen LogP contribution in [-0.2, 0) is 6.42 Å². The Morgan fingerprint density at radius 1 is 1.19 bits per heavy atom. The zero-order chi connectivity index (χ0) is 12.1. The Kier molecular flexibility index (Phi) is 11.5. The van der Waals surface area contributed by atoms with E-state index in [1.807, 2.05) is 32.3 Å². The van der Waals surface area contributed by atoms with Crippen LogP contribution in [0, 0.1) is 0 Å². The molecule has 1 heterocycles. The van der Waals surface area contributed by atoms with E-state index in [9.17, 15) is 0 Å². The molecule has 16 heavy (non-hydrogen) atoms. The van der Waals surface area contributed by atoms with Crippen LogP contribution < -0.4 is 5.32 Å². The Balaban J connectivity index is 0.00000106. The maximum Gasteiger partial charge on any atom is 0.0299 e. The van der Waals surface area contributed by atoms with Crippen molar-refractivity contribution in [2.75, 3.05) is 13.1 Å². The zero-order valence-corrected chi connectivity index (χ0v) is 11.0. The summed E-state index contributed by atoms with van der Waals surface area (Å²) in [6.07, 6.45) is 8.67. The fraction of sp³-hybridized carbons (Fsp3) is 0.643. The summed E-state index contributed by atoms with van der Waals surface area (Å²) in [6.45, 7) is 8.49. The van der Waals surface area contributed by atoms with Gasteiger partial charge in [-0.05, 0) is 50.4 Å². The lowest BCUT2D eigenvalue weighted by atomic mass is 10.1. The van der Waals surface area contributed by atoms with Gasteiger partial charge in [0, 0.05) is 12.4 Å². The highest BCUT2D eigenvalue weighted by Gasteiger charge is 1.92. The van der Waals surface area contributed by atoms with Crippen LogP contribution in [0.25, 0.3) is 0 Å². The molecule has 1 aromatic heterocycles. The van der Waals surface area contributed by atoms with Crippen molar-refractivity contribution < 1.29 is 0 Å². The quantitative estimate of drug-likeness (QED) is 0.715. The fourth-order valence-corrected chi connectivity index (χ4v) is 1.43. The van der Waals surface area contributed by atoms with Gasteiger partial charge in [0.2, 0.25) is 0 Å². The summed E-state index contributed by atoms with van der Waals surface area (Å²) >= 11 is 0. The summed E-state index contributed by atoms with van der Waals surface area (Å²) in [5.74, 6) is 0. The minimum absolute atomic E-state index is 1.15. The Morgan fingerprint density at radius 3 is 2.62 bits per heavy atom. The molecule has 0 aromatic carbocycles. The van der Waals surface area contributed by atoms with E-state index in [4.69, 9.17) is 0 Å². The lowest BCUT2D eigenvalue weighted by Crippen LogP contribution is -2.15. The molecule has 2 heteroatoms. The van der Waals surface area contributed by atoms with Crippen LogP contribution in [0.2, 0.25) is 0 Å². The van der Waals surface area contributed by atoms with Crippen molar-refractivity contribution in [3.8, 4) is 0 Å². The Labute approximate surface area is 100 Å². The first kappa shape index (κ1) is 15.1. The highest BCUT2D eigenvalue weighted by molar-refractivity contribution is 5.08. The molecule has 0 saturated carbocycles. The SMILES string of the molecule is CC.CCCNCCCCc1cccnc1. The van der Waals surface area contributed by atoms with Gasteiger partial charge in [0.25, 0.3) is 0 Å². The van der Waals surface area contributed by atoms with E-state index >= 15 is 0 Å². The van der Waals surface area contributed by atoms with Crippen molar-refractivity contribution in [1.82, 2.24) is 10.3 Å². The van der Waals surface area contributed by atoms with Crippen LogP contribution >= 0.6 is 0 Å². The highest BCUT2D eigenvalue weighted by Crippen LogP contribution is 2.01. The minimum atomic E-state index is 1.15. The van der Waals surface area contributed by atoms with E-state index in [1.165, 1.54) is 24.8 Å². The van der Waals surface area contributed by atoms with Crippen molar-refractivity contribution >= 4 is 0 Å². The molecule has 1 aromatic rings. The van der Waals surface area contributed by atoms with E-state index in [2.05, 4.69) is 23.3 Å². The third-order valence-corrected chi connectivity index (χ3v) is 2.22. The van der Waals surface area contributed by atoms with Crippen molar-refractivity contribution in [2.45, 2.75) is 46.5 Å². The second kappa shape index (κ2) is 12.2. The van der Waals surface area contributed by atoms with E-state index < -0.39 is 0 Å². The molecular weight excluding hydrogens is 196 g/mol. The van der Waals surface area contributed by atoms with Gasteiger partial charge in [-0.1, -0.05) is 26.8 Å². The standard InChI is InChI=1S/C12H20N2.C2H6/c1-2-8-13-9-4-3-6-12-7-5-10-14-11-12;1-2/h5,7,10-11,13H,2-4,6,8-9H2,1H3;1-2H3. The third kappa shape index (κ3) is 8.42. The van der Waals surface area contributed by atoms with Crippen LogP contribution in [0.15, 0.2) is 24.5 Å². The summed E-state index contributed by atoms with van der Waals surface area (Å²) < 4.78 is 0. The number of hydrogen-bond donors (Lipinski definition) is 1. The van der Waals surface area contributed by atoms with Gasteiger partial charge < -0.3 is 5.32 Å². The monoisotopic (exact) mass is 222 g/mol. The van der Waals surface area contributed by atoms with Crippen molar-refractivity contribution in [2.24, 2.45) is 0 Å². The number of unbranched alkanes of at least 4 members (excludes halogenated alkanes) is 1. The Morgan fingerprint density at radius 2 is 2.00 bits per heavy atom. The van der Waals surface area contributed by atoms with Gasteiger partial charge in [-0.15, -0.1) is 0 Å². The van der Waals surface area contributed by atoms with E-state index in [0.717, 1.165) is 19.5 Å². The van der Waals surface area contributed by atoms with E-state index in [1.54, 1.807) is 0 Å². The Bertz CT molecular complexity index is 221. The molecule has 1 rings (SSSR count). The number of aryl methyl sites for hydroxylation is 1. The second-order valence-electron chi connectivity index (χ2n) is 3.57. The Hall–Kier alpha value is -0.890. The molecule has 92 valence electrons. The summed E-state index contributed by atoms with van der Waals surface area (Å²) in [4.78, 5) is 4.10. The molecule has 0 unspecified atom stereocenters. The fourth-order valence-electron chi connectivity index (χ4n) is 1.43. The van der Waals surface area contributed by atoms with Crippen LogP contribution in [0.5, 0.6) is 0 Å². The van der Waals surface area contributed by atoms with Gasteiger partial charge in [0.15, 0.2) is 0 Å². The van der Waals surface area contributed by atoms with E-state index in [0.29, 0.717) is 0 Å².